The second kappa shape index (κ2) is 4.86. The summed E-state index contributed by atoms with van der Waals surface area (Å²) in [6.45, 7) is 0. The Kier molecular flexibility index (Phi) is 3.26. The van der Waals surface area contributed by atoms with E-state index in [-0.39, 0.29) is 16.3 Å². The predicted octanol–water partition coefficient (Wildman–Crippen LogP) is 2.74. The van der Waals surface area contributed by atoms with Crippen molar-refractivity contribution in [1.82, 2.24) is 0 Å². The third-order valence-corrected chi connectivity index (χ3v) is 2.84. The van der Waals surface area contributed by atoms with Crippen LogP contribution in [0.2, 0.25) is 0 Å². The van der Waals surface area contributed by atoms with Crippen molar-refractivity contribution in [1.29, 1.82) is 5.26 Å². The van der Waals surface area contributed by atoms with Crippen molar-refractivity contribution in [3.63, 3.8) is 0 Å². The molecule has 2 aromatic carbocycles. The highest BCUT2D eigenvalue weighted by Gasteiger charge is 2.07. The van der Waals surface area contributed by atoms with Crippen LogP contribution in [0.3, 0.4) is 0 Å². The molecule has 4 heteroatoms. The Morgan fingerprint density at radius 1 is 1.28 bits per heavy atom. The SMILES string of the molecule is N#CC(=Cc1c(O)ccc2ccccc12)C(N)=S. The molecule has 18 heavy (non-hydrogen) atoms. The molecule has 0 aliphatic heterocycles. The van der Waals surface area contributed by atoms with E-state index in [4.69, 9.17) is 23.2 Å². The quantitative estimate of drug-likeness (QED) is 0.491. The number of nitrogens with zero attached hydrogens (tertiary/aromatic N) is 1. The molecule has 3 N–H and O–H groups in total. The van der Waals surface area contributed by atoms with E-state index in [0.29, 0.717) is 5.56 Å². The van der Waals surface area contributed by atoms with Gasteiger partial charge in [-0.05, 0) is 22.9 Å². The van der Waals surface area contributed by atoms with Crippen LogP contribution < -0.4 is 5.73 Å². The Balaban J connectivity index is 2.75. The van der Waals surface area contributed by atoms with Gasteiger partial charge >= 0.3 is 0 Å². The molecule has 0 radical (unpaired) electrons. The normalized spacial score (nSPS) is 11.2. The van der Waals surface area contributed by atoms with Crippen LogP contribution in [0.4, 0.5) is 0 Å². The van der Waals surface area contributed by atoms with E-state index in [2.05, 4.69) is 0 Å². The molecule has 0 fully saturated rings. The van der Waals surface area contributed by atoms with Crippen molar-refractivity contribution in [3.8, 4) is 11.8 Å². The molecule has 0 saturated heterocycles. The fraction of sp³-hybridized carbons (Fsp3) is 0. The molecule has 0 atom stereocenters. The van der Waals surface area contributed by atoms with Crippen LogP contribution in [0.5, 0.6) is 5.75 Å². The molecular weight excluding hydrogens is 244 g/mol. The molecule has 0 unspecified atom stereocenters. The second-order valence-electron chi connectivity index (χ2n) is 3.75. The first-order valence-corrected chi connectivity index (χ1v) is 5.66. The van der Waals surface area contributed by atoms with Crippen LogP contribution in [0, 0.1) is 11.3 Å². The van der Waals surface area contributed by atoms with Gasteiger partial charge in [-0.1, -0.05) is 42.5 Å². The Morgan fingerprint density at radius 3 is 2.67 bits per heavy atom. The lowest BCUT2D eigenvalue weighted by Crippen LogP contribution is -2.09. The van der Waals surface area contributed by atoms with Gasteiger partial charge in [0.15, 0.2) is 0 Å². The van der Waals surface area contributed by atoms with Crippen LogP contribution in [0.15, 0.2) is 42.0 Å². The average molecular weight is 254 g/mol. The number of hydrogen-bond donors (Lipinski definition) is 2. The molecule has 0 aliphatic rings. The van der Waals surface area contributed by atoms with Gasteiger partial charge in [0.05, 0.1) is 5.57 Å². The predicted molar refractivity (Wildman–Crippen MR) is 76.0 cm³/mol. The summed E-state index contributed by atoms with van der Waals surface area (Å²) in [7, 11) is 0. The van der Waals surface area contributed by atoms with Gasteiger partial charge in [-0.3, -0.25) is 0 Å². The highest BCUT2D eigenvalue weighted by molar-refractivity contribution is 7.80. The van der Waals surface area contributed by atoms with Crippen molar-refractivity contribution in [2.45, 2.75) is 0 Å². The van der Waals surface area contributed by atoms with Crippen molar-refractivity contribution in [2.75, 3.05) is 0 Å². The number of thiocarbonyl (C=S) groups is 1. The topological polar surface area (TPSA) is 70.0 Å². The minimum absolute atomic E-state index is 0.0184. The number of benzene rings is 2. The van der Waals surface area contributed by atoms with Crippen LogP contribution in [-0.2, 0) is 0 Å². The minimum atomic E-state index is 0.0184. The number of fused-ring (bicyclic) bond motifs is 1. The van der Waals surface area contributed by atoms with Crippen LogP contribution >= 0.6 is 12.2 Å². The zero-order chi connectivity index (χ0) is 13.1. The summed E-state index contributed by atoms with van der Waals surface area (Å²) < 4.78 is 0. The number of nitrogens with two attached hydrogens (primary N) is 1. The van der Waals surface area contributed by atoms with Gasteiger partial charge in [0.2, 0.25) is 0 Å². The number of aromatic hydroxyl groups is 1. The molecule has 0 amide bonds. The minimum Gasteiger partial charge on any atom is -0.507 e. The number of hydrogen-bond acceptors (Lipinski definition) is 3. The highest BCUT2D eigenvalue weighted by Crippen LogP contribution is 2.29. The van der Waals surface area contributed by atoms with E-state index in [1.54, 1.807) is 6.07 Å². The van der Waals surface area contributed by atoms with Crippen molar-refractivity contribution in [3.05, 3.63) is 47.5 Å². The van der Waals surface area contributed by atoms with E-state index in [9.17, 15) is 5.11 Å². The van der Waals surface area contributed by atoms with E-state index in [0.717, 1.165) is 10.8 Å². The number of phenolic OH excluding ortho intramolecular Hbond substituents is 1. The molecule has 3 nitrogen and oxygen atoms in total. The summed E-state index contributed by atoms with van der Waals surface area (Å²) in [5.41, 5.74) is 6.18. The van der Waals surface area contributed by atoms with Gasteiger partial charge in [-0.15, -0.1) is 0 Å². The summed E-state index contributed by atoms with van der Waals surface area (Å²) in [6.07, 6.45) is 1.51. The Morgan fingerprint density at radius 2 is 2.00 bits per heavy atom. The molecular formula is C14H10N2OS. The molecule has 0 saturated carbocycles. The first kappa shape index (κ1) is 12.1. The largest absolute Gasteiger partial charge is 0.507 e. The molecule has 0 aliphatic carbocycles. The molecule has 2 aromatic rings. The number of nitriles is 1. The fourth-order valence-corrected chi connectivity index (χ4v) is 1.84. The van der Waals surface area contributed by atoms with E-state index >= 15 is 0 Å². The molecule has 2 rings (SSSR count). The first-order chi connectivity index (χ1) is 8.63. The lowest BCUT2D eigenvalue weighted by atomic mass is 10.0. The maximum absolute atomic E-state index is 9.90. The Labute approximate surface area is 110 Å². The Hall–Kier alpha value is -2.38. The van der Waals surface area contributed by atoms with Crippen LogP contribution in [-0.4, -0.2) is 10.1 Å². The maximum Gasteiger partial charge on any atom is 0.123 e. The molecule has 0 heterocycles. The van der Waals surface area contributed by atoms with Gasteiger partial charge in [0.1, 0.15) is 16.8 Å². The average Bonchev–Trinajstić information content (AvgIpc) is 2.37. The van der Waals surface area contributed by atoms with Gasteiger partial charge in [-0.2, -0.15) is 5.26 Å². The van der Waals surface area contributed by atoms with Gasteiger partial charge in [0, 0.05) is 5.56 Å². The third-order valence-electron chi connectivity index (χ3n) is 2.62. The summed E-state index contributed by atoms with van der Waals surface area (Å²) in [5, 5.41) is 20.7. The number of rotatable bonds is 2. The van der Waals surface area contributed by atoms with Crippen LogP contribution in [0.25, 0.3) is 16.8 Å². The lowest BCUT2D eigenvalue weighted by molar-refractivity contribution is 0.475. The van der Waals surface area contributed by atoms with Crippen LogP contribution in [0.1, 0.15) is 5.56 Å². The zero-order valence-electron chi connectivity index (χ0n) is 9.42. The van der Waals surface area contributed by atoms with Crippen molar-refractivity contribution in [2.24, 2.45) is 5.73 Å². The Bertz CT molecular complexity index is 698. The fourth-order valence-electron chi connectivity index (χ4n) is 1.74. The molecule has 88 valence electrons. The maximum atomic E-state index is 9.90. The highest BCUT2D eigenvalue weighted by atomic mass is 32.1. The van der Waals surface area contributed by atoms with E-state index in [1.165, 1.54) is 6.08 Å². The summed E-state index contributed by atoms with van der Waals surface area (Å²) >= 11 is 4.79. The molecule has 0 spiro atoms. The standard InChI is InChI=1S/C14H10N2OS/c15-8-10(14(16)18)7-12-11-4-2-1-3-9(11)5-6-13(12)17/h1-7,17H,(H2,16,18). The zero-order valence-corrected chi connectivity index (χ0v) is 10.2. The van der Waals surface area contributed by atoms with Crippen molar-refractivity contribution >= 4 is 34.1 Å². The van der Waals surface area contributed by atoms with E-state index in [1.807, 2.05) is 36.4 Å². The number of phenols is 1. The third kappa shape index (κ3) is 2.17. The van der Waals surface area contributed by atoms with Gasteiger partial charge in [-0.25, -0.2) is 0 Å². The van der Waals surface area contributed by atoms with Gasteiger partial charge in [0.25, 0.3) is 0 Å². The molecule has 0 aromatic heterocycles. The van der Waals surface area contributed by atoms with Gasteiger partial charge < -0.3 is 10.8 Å². The summed E-state index contributed by atoms with van der Waals surface area (Å²) in [5.74, 6) is 0.0951. The lowest BCUT2D eigenvalue weighted by Gasteiger charge is -2.05. The smallest absolute Gasteiger partial charge is 0.123 e. The molecule has 0 bridgehead atoms. The summed E-state index contributed by atoms with van der Waals surface area (Å²) in [4.78, 5) is 0.0184. The summed E-state index contributed by atoms with van der Waals surface area (Å²) in [6, 6.07) is 12.9. The first-order valence-electron chi connectivity index (χ1n) is 5.26. The van der Waals surface area contributed by atoms with Crippen molar-refractivity contribution < 1.29 is 5.11 Å². The van der Waals surface area contributed by atoms with E-state index < -0.39 is 0 Å². The monoisotopic (exact) mass is 254 g/mol. The second-order valence-corrected chi connectivity index (χ2v) is 4.19.